The second-order valence-electron chi connectivity index (χ2n) is 4.47. The van der Waals surface area contributed by atoms with Crippen molar-refractivity contribution in [1.29, 1.82) is 0 Å². The van der Waals surface area contributed by atoms with Gasteiger partial charge >= 0.3 is 0 Å². The summed E-state index contributed by atoms with van der Waals surface area (Å²) in [7, 11) is 0. The zero-order valence-corrected chi connectivity index (χ0v) is 11.5. The molecule has 1 amide bonds. The van der Waals surface area contributed by atoms with Gasteiger partial charge in [0.25, 0.3) is 5.91 Å². The third-order valence-corrected chi connectivity index (χ3v) is 3.21. The summed E-state index contributed by atoms with van der Waals surface area (Å²) in [5, 5.41) is 0. The largest absolute Gasteiger partial charge is 0.472 e. The van der Waals surface area contributed by atoms with E-state index in [9.17, 15) is 4.79 Å². The quantitative estimate of drug-likeness (QED) is 0.812. The average molecular weight is 264 g/mol. The Morgan fingerprint density at radius 1 is 1.47 bits per heavy atom. The van der Waals surface area contributed by atoms with E-state index in [4.69, 9.17) is 9.47 Å². The molecule has 0 bridgehead atoms. The van der Waals surface area contributed by atoms with Crippen LogP contribution in [0.1, 0.15) is 30.6 Å². The highest BCUT2D eigenvalue weighted by atomic mass is 16.5. The molecule has 1 aromatic heterocycles. The van der Waals surface area contributed by atoms with Crippen LogP contribution < -0.4 is 4.74 Å². The number of carbonyl (C=O) groups is 1. The van der Waals surface area contributed by atoms with Crippen LogP contribution in [-0.2, 0) is 4.74 Å². The van der Waals surface area contributed by atoms with Crippen molar-refractivity contribution in [2.45, 2.75) is 26.4 Å². The van der Waals surface area contributed by atoms with Gasteiger partial charge in [0, 0.05) is 31.8 Å². The maximum atomic E-state index is 12.1. The van der Waals surface area contributed by atoms with E-state index in [1.54, 1.807) is 23.2 Å². The summed E-state index contributed by atoms with van der Waals surface area (Å²) >= 11 is 0. The molecule has 5 nitrogen and oxygen atoms in total. The van der Waals surface area contributed by atoms with Gasteiger partial charge in [-0.1, -0.05) is 0 Å². The van der Waals surface area contributed by atoms with Gasteiger partial charge in [0.1, 0.15) is 6.10 Å². The van der Waals surface area contributed by atoms with Gasteiger partial charge in [-0.25, -0.2) is 4.98 Å². The third kappa shape index (κ3) is 3.44. The minimum Gasteiger partial charge on any atom is -0.472 e. The Balaban J connectivity index is 1.99. The highest BCUT2D eigenvalue weighted by Gasteiger charge is 2.18. The van der Waals surface area contributed by atoms with E-state index < -0.39 is 0 Å². The summed E-state index contributed by atoms with van der Waals surface area (Å²) in [6.07, 6.45) is 2.55. The van der Waals surface area contributed by atoms with Gasteiger partial charge in [-0.3, -0.25) is 4.79 Å². The summed E-state index contributed by atoms with van der Waals surface area (Å²) in [6.45, 7) is 6.68. The molecule has 1 aromatic rings. The summed E-state index contributed by atoms with van der Waals surface area (Å²) in [5.41, 5.74) is 0.596. The molecule has 1 saturated heterocycles. The Morgan fingerprint density at radius 2 is 2.26 bits per heavy atom. The molecule has 1 fully saturated rings. The molecule has 1 atom stereocenters. The van der Waals surface area contributed by atoms with Crippen LogP contribution in [0, 0.1) is 0 Å². The highest BCUT2D eigenvalue weighted by Crippen LogP contribution is 2.15. The van der Waals surface area contributed by atoms with Crippen LogP contribution in [0.5, 0.6) is 5.88 Å². The first-order valence-corrected chi connectivity index (χ1v) is 6.74. The molecule has 1 unspecified atom stereocenters. The number of pyridine rings is 1. The summed E-state index contributed by atoms with van der Waals surface area (Å²) in [4.78, 5) is 18.0. The molecular formula is C14H20N2O3. The van der Waals surface area contributed by atoms with Crippen molar-refractivity contribution in [3.05, 3.63) is 23.9 Å². The molecule has 0 N–H and O–H groups in total. The first kappa shape index (κ1) is 13.8. The van der Waals surface area contributed by atoms with E-state index in [2.05, 4.69) is 4.98 Å². The van der Waals surface area contributed by atoms with Crippen LogP contribution in [0.3, 0.4) is 0 Å². The van der Waals surface area contributed by atoms with E-state index in [1.807, 2.05) is 13.8 Å². The first-order valence-electron chi connectivity index (χ1n) is 6.74. The minimum atomic E-state index is 0.00764. The van der Waals surface area contributed by atoms with Crippen LogP contribution in [0.25, 0.3) is 0 Å². The number of nitrogens with zero attached hydrogens (tertiary/aromatic N) is 2. The van der Waals surface area contributed by atoms with Crippen molar-refractivity contribution in [2.75, 3.05) is 26.3 Å². The van der Waals surface area contributed by atoms with E-state index in [0.29, 0.717) is 31.1 Å². The van der Waals surface area contributed by atoms with Gasteiger partial charge in [0.05, 0.1) is 18.8 Å². The van der Waals surface area contributed by atoms with Crippen LogP contribution in [0.15, 0.2) is 18.3 Å². The molecule has 0 aliphatic carbocycles. The second kappa shape index (κ2) is 6.52. The Labute approximate surface area is 113 Å². The van der Waals surface area contributed by atoms with Crippen LogP contribution in [-0.4, -0.2) is 48.2 Å². The van der Waals surface area contributed by atoms with Gasteiger partial charge in [0.2, 0.25) is 5.88 Å². The van der Waals surface area contributed by atoms with E-state index >= 15 is 0 Å². The first-order chi connectivity index (χ1) is 9.24. The Hall–Kier alpha value is -1.62. The summed E-state index contributed by atoms with van der Waals surface area (Å²) < 4.78 is 10.9. The van der Waals surface area contributed by atoms with Crippen molar-refractivity contribution in [3.8, 4) is 5.88 Å². The molecule has 19 heavy (non-hydrogen) atoms. The van der Waals surface area contributed by atoms with E-state index in [0.717, 1.165) is 13.0 Å². The third-order valence-electron chi connectivity index (χ3n) is 3.21. The molecule has 0 saturated carbocycles. The summed E-state index contributed by atoms with van der Waals surface area (Å²) in [6, 6.07) is 3.51. The fourth-order valence-electron chi connectivity index (χ4n) is 2.05. The lowest BCUT2D eigenvalue weighted by Gasteiger charge is -2.18. The highest BCUT2D eigenvalue weighted by molar-refractivity contribution is 5.93. The lowest BCUT2D eigenvalue weighted by molar-refractivity contribution is 0.0772. The van der Waals surface area contributed by atoms with Crippen LogP contribution in [0.4, 0.5) is 0 Å². The molecule has 0 aromatic carbocycles. The lowest BCUT2D eigenvalue weighted by Crippen LogP contribution is -2.30. The van der Waals surface area contributed by atoms with Crippen LogP contribution in [0.2, 0.25) is 0 Å². The number of hydrogen-bond acceptors (Lipinski definition) is 4. The van der Waals surface area contributed by atoms with Crippen molar-refractivity contribution in [3.63, 3.8) is 0 Å². The van der Waals surface area contributed by atoms with Crippen LogP contribution >= 0.6 is 0 Å². The van der Waals surface area contributed by atoms with Gasteiger partial charge in [-0.2, -0.15) is 0 Å². The zero-order valence-electron chi connectivity index (χ0n) is 11.5. The number of amides is 1. The number of rotatable bonds is 5. The average Bonchev–Trinajstić information content (AvgIpc) is 2.94. The van der Waals surface area contributed by atoms with Gasteiger partial charge in [-0.15, -0.1) is 0 Å². The maximum Gasteiger partial charge on any atom is 0.255 e. The molecule has 0 radical (unpaired) electrons. The molecule has 104 valence electrons. The molecule has 1 aliphatic rings. The Morgan fingerprint density at radius 3 is 2.79 bits per heavy atom. The summed E-state index contributed by atoms with van der Waals surface area (Å²) in [5.74, 6) is 0.555. The fourth-order valence-corrected chi connectivity index (χ4v) is 2.05. The minimum absolute atomic E-state index is 0.00764. The predicted molar refractivity (Wildman–Crippen MR) is 71.3 cm³/mol. The van der Waals surface area contributed by atoms with Crippen molar-refractivity contribution < 1.29 is 14.3 Å². The SMILES string of the molecule is CCN(CC)C(=O)c1ccc(OC2CCOC2)nc1. The van der Waals surface area contributed by atoms with Crippen molar-refractivity contribution >= 4 is 5.91 Å². The number of hydrogen-bond donors (Lipinski definition) is 0. The van der Waals surface area contributed by atoms with Crippen molar-refractivity contribution in [2.24, 2.45) is 0 Å². The molecule has 0 spiro atoms. The molecular weight excluding hydrogens is 244 g/mol. The van der Waals surface area contributed by atoms with E-state index in [-0.39, 0.29) is 12.0 Å². The van der Waals surface area contributed by atoms with Gasteiger partial charge in [0.15, 0.2) is 0 Å². The zero-order chi connectivity index (χ0) is 13.7. The molecule has 1 aliphatic heterocycles. The number of carbonyl (C=O) groups excluding carboxylic acids is 1. The molecule has 2 rings (SSSR count). The molecule has 5 heteroatoms. The fraction of sp³-hybridized carbons (Fsp3) is 0.571. The van der Waals surface area contributed by atoms with E-state index in [1.165, 1.54) is 0 Å². The second-order valence-corrected chi connectivity index (χ2v) is 4.47. The Bertz CT molecular complexity index is 409. The standard InChI is InChI=1S/C14H20N2O3/c1-3-16(4-2)14(17)11-5-6-13(15-9-11)19-12-7-8-18-10-12/h5-6,9,12H,3-4,7-8,10H2,1-2H3. The predicted octanol–water partition coefficient (Wildman–Crippen LogP) is 1.73. The number of ether oxygens (including phenoxy) is 2. The topological polar surface area (TPSA) is 51.7 Å². The monoisotopic (exact) mass is 264 g/mol. The maximum absolute atomic E-state index is 12.1. The van der Waals surface area contributed by atoms with Gasteiger partial charge < -0.3 is 14.4 Å². The Kier molecular flexibility index (Phi) is 4.74. The lowest BCUT2D eigenvalue weighted by atomic mass is 10.2. The molecule has 2 heterocycles. The smallest absolute Gasteiger partial charge is 0.255 e. The van der Waals surface area contributed by atoms with Crippen molar-refractivity contribution in [1.82, 2.24) is 9.88 Å². The normalized spacial score (nSPS) is 18.3. The number of aromatic nitrogens is 1. The van der Waals surface area contributed by atoms with Gasteiger partial charge in [-0.05, 0) is 19.9 Å².